The summed E-state index contributed by atoms with van der Waals surface area (Å²) in [6.45, 7) is 9.98. The van der Waals surface area contributed by atoms with E-state index in [9.17, 15) is 0 Å². The molecule has 0 spiro atoms. The molecule has 100 valence electrons. The summed E-state index contributed by atoms with van der Waals surface area (Å²) in [5, 5.41) is 3.72. The minimum atomic E-state index is 0.416. The van der Waals surface area contributed by atoms with Crippen LogP contribution in [0.2, 0.25) is 0 Å². The first-order valence-corrected chi connectivity index (χ1v) is 7.31. The number of hydrogen-bond donors (Lipinski definition) is 1. The van der Waals surface area contributed by atoms with Crippen LogP contribution >= 0.6 is 0 Å². The normalized spacial score (nSPS) is 36.0. The third-order valence-corrected chi connectivity index (χ3v) is 4.20. The molecule has 1 unspecified atom stereocenters. The molecule has 1 saturated heterocycles. The lowest BCUT2D eigenvalue weighted by Crippen LogP contribution is -2.45. The Balaban J connectivity index is 1.56. The van der Waals surface area contributed by atoms with E-state index in [1.54, 1.807) is 0 Å². The zero-order chi connectivity index (χ0) is 12.1. The summed E-state index contributed by atoms with van der Waals surface area (Å²) in [6.07, 6.45) is 5.99. The highest BCUT2D eigenvalue weighted by Crippen LogP contribution is 2.23. The molecule has 1 aliphatic carbocycles. The second-order valence-electron chi connectivity index (χ2n) is 5.89. The minimum Gasteiger partial charge on any atom is -0.376 e. The van der Waals surface area contributed by atoms with Crippen molar-refractivity contribution in [1.29, 1.82) is 0 Å². The van der Waals surface area contributed by atoms with Gasteiger partial charge in [0.15, 0.2) is 0 Å². The fourth-order valence-corrected chi connectivity index (χ4v) is 2.98. The molecule has 1 saturated carbocycles. The van der Waals surface area contributed by atoms with Gasteiger partial charge in [0.25, 0.3) is 0 Å². The Morgan fingerprint density at radius 2 is 1.94 bits per heavy atom. The zero-order valence-corrected chi connectivity index (χ0v) is 11.5. The average molecular weight is 240 g/mol. The van der Waals surface area contributed by atoms with Gasteiger partial charge >= 0.3 is 0 Å². The van der Waals surface area contributed by atoms with Crippen LogP contribution in [0, 0.1) is 5.92 Å². The SMILES string of the molecule is CC1CCC(NCCN2CCOC(C)C2)CC1. The predicted octanol–water partition coefficient (Wildman–Crippen LogP) is 1.88. The van der Waals surface area contributed by atoms with Crippen molar-refractivity contribution < 1.29 is 4.74 Å². The topological polar surface area (TPSA) is 24.5 Å². The largest absolute Gasteiger partial charge is 0.376 e. The highest BCUT2D eigenvalue weighted by atomic mass is 16.5. The summed E-state index contributed by atoms with van der Waals surface area (Å²) >= 11 is 0. The standard InChI is InChI=1S/C14H28N2O/c1-12-3-5-14(6-4-12)15-7-8-16-9-10-17-13(2)11-16/h12-15H,3-11H2,1-2H3. The van der Waals surface area contributed by atoms with Gasteiger partial charge in [-0.1, -0.05) is 6.92 Å². The maximum atomic E-state index is 5.55. The molecule has 0 aromatic rings. The number of morpholine rings is 1. The Morgan fingerprint density at radius 3 is 2.65 bits per heavy atom. The van der Waals surface area contributed by atoms with Gasteiger partial charge in [0.1, 0.15) is 0 Å². The molecular formula is C14H28N2O. The monoisotopic (exact) mass is 240 g/mol. The van der Waals surface area contributed by atoms with Gasteiger partial charge in [-0.05, 0) is 38.5 Å². The minimum absolute atomic E-state index is 0.416. The predicted molar refractivity (Wildman–Crippen MR) is 71.3 cm³/mol. The molecule has 1 N–H and O–H groups in total. The molecule has 0 amide bonds. The molecule has 1 heterocycles. The van der Waals surface area contributed by atoms with E-state index in [-0.39, 0.29) is 0 Å². The number of hydrogen-bond acceptors (Lipinski definition) is 3. The van der Waals surface area contributed by atoms with Crippen LogP contribution in [0.25, 0.3) is 0 Å². The number of nitrogens with zero attached hydrogens (tertiary/aromatic N) is 1. The van der Waals surface area contributed by atoms with Gasteiger partial charge in [-0.2, -0.15) is 0 Å². The lowest BCUT2D eigenvalue weighted by atomic mass is 9.87. The molecule has 3 heteroatoms. The van der Waals surface area contributed by atoms with Crippen LogP contribution in [0.15, 0.2) is 0 Å². The molecule has 0 radical (unpaired) electrons. The maximum Gasteiger partial charge on any atom is 0.0674 e. The fraction of sp³-hybridized carbons (Fsp3) is 1.00. The molecule has 0 aromatic carbocycles. The van der Waals surface area contributed by atoms with Crippen LogP contribution in [-0.4, -0.2) is 49.8 Å². The number of nitrogens with one attached hydrogen (secondary N) is 1. The third-order valence-electron chi connectivity index (χ3n) is 4.20. The molecule has 0 bridgehead atoms. The van der Waals surface area contributed by atoms with Crippen LogP contribution in [0.4, 0.5) is 0 Å². The number of rotatable bonds is 4. The van der Waals surface area contributed by atoms with Crippen molar-refractivity contribution in [3.8, 4) is 0 Å². The van der Waals surface area contributed by atoms with Crippen molar-refractivity contribution >= 4 is 0 Å². The second kappa shape index (κ2) is 6.72. The Labute approximate surface area is 106 Å². The highest BCUT2D eigenvalue weighted by Gasteiger charge is 2.19. The summed E-state index contributed by atoms with van der Waals surface area (Å²) in [6, 6.07) is 0.782. The molecular weight excluding hydrogens is 212 g/mol. The van der Waals surface area contributed by atoms with E-state index in [1.807, 2.05) is 0 Å². The zero-order valence-electron chi connectivity index (χ0n) is 11.5. The Bertz CT molecular complexity index is 214. The van der Waals surface area contributed by atoms with Crippen molar-refractivity contribution in [2.45, 2.75) is 51.7 Å². The van der Waals surface area contributed by atoms with Crippen LogP contribution in [-0.2, 0) is 4.74 Å². The van der Waals surface area contributed by atoms with Gasteiger partial charge < -0.3 is 10.1 Å². The maximum absolute atomic E-state index is 5.55. The van der Waals surface area contributed by atoms with Crippen molar-refractivity contribution in [3.05, 3.63) is 0 Å². The highest BCUT2D eigenvalue weighted by molar-refractivity contribution is 4.76. The van der Waals surface area contributed by atoms with Gasteiger partial charge in [0.05, 0.1) is 12.7 Å². The summed E-state index contributed by atoms with van der Waals surface area (Å²) in [5.41, 5.74) is 0. The summed E-state index contributed by atoms with van der Waals surface area (Å²) in [4.78, 5) is 2.52. The molecule has 2 rings (SSSR count). The smallest absolute Gasteiger partial charge is 0.0674 e. The molecule has 1 aliphatic heterocycles. The van der Waals surface area contributed by atoms with E-state index in [0.29, 0.717) is 6.10 Å². The van der Waals surface area contributed by atoms with Crippen LogP contribution in [0.5, 0.6) is 0 Å². The summed E-state index contributed by atoms with van der Waals surface area (Å²) < 4.78 is 5.55. The van der Waals surface area contributed by atoms with Crippen molar-refractivity contribution in [1.82, 2.24) is 10.2 Å². The second-order valence-corrected chi connectivity index (χ2v) is 5.89. The summed E-state index contributed by atoms with van der Waals surface area (Å²) in [7, 11) is 0. The van der Waals surface area contributed by atoms with E-state index in [0.717, 1.165) is 38.2 Å². The van der Waals surface area contributed by atoms with Gasteiger partial charge in [-0.25, -0.2) is 0 Å². The molecule has 17 heavy (non-hydrogen) atoms. The van der Waals surface area contributed by atoms with Crippen molar-refractivity contribution in [3.63, 3.8) is 0 Å². The lowest BCUT2D eigenvalue weighted by Gasteiger charge is -2.32. The van der Waals surface area contributed by atoms with E-state index in [1.165, 1.54) is 32.2 Å². The Kier molecular flexibility index (Phi) is 5.26. The van der Waals surface area contributed by atoms with Crippen LogP contribution < -0.4 is 5.32 Å². The molecule has 2 fully saturated rings. The van der Waals surface area contributed by atoms with E-state index in [2.05, 4.69) is 24.1 Å². The molecule has 1 atom stereocenters. The van der Waals surface area contributed by atoms with Crippen LogP contribution in [0.1, 0.15) is 39.5 Å². The van der Waals surface area contributed by atoms with E-state index in [4.69, 9.17) is 4.74 Å². The third kappa shape index (κ3) is 4.57. The lowest BCUT2D eigenvalue weighted by molar-refractivity contribution is -0.0179. The van der Waals surface area contributed by atoms with Gasteiger partial charge in [0.2, 0.25) is 0 Å². The first-order valence-electron chi connectivity index (χ1n) is 7.31. The van der Waals surface area contributed by atoms with E-state index < -0.39 is 0 Å². The van der Waals surface area contributed by atoms with E-state index >= 15 is 0 Å². The van der Waals surface area contributed by atoms with Crippen molar-refractivity contribution in [2.24, 2.45) is 5.92 Å². The Hall–Kier alpha value is -0.120. The van der Waals surface area contributed by atoms with Gasteiger partial charge in [-0.3, -0.25) is 4.90 Å². The fourth-order valence-electron chi connectivity index (χ4n) is 2.98. The van der Waals surface area contributed by atoms with Crippen molar-refractivity contribution in [2.75, 3.05) is 32.8 Å². The molecule has 3 nitrogen and oxygen atoms in total. The first-order chi connectivity index (χ1) is 8.24. The van der Waals surface area contributed by atoms with Crippen LogP contribution in [0.3, 0.4) is 0 Å². The molecule has 0 aromatic heterocycles. The number of ether oxygens (including phenoxy) is 1. The first kappa shape index (κ1) is 13.3. The summed E-state index contributed by atoms with van der Waals surface area (Å²) in [5.74, 6) is 0.952. The van der Waals surface area contributed by atoms with Gasteiger partial charge in [-0.15, -0.1) is 0 Å². The van der Waals surface area contributed by atoms with Gasteiger partial charge in [0, 0.05) is 32.2 Å². The molecule has 2 aliphatic rings. The quantitative estimate of drug-likeness (QED) is 0.812. The average Bonchev–Trinajstić information content (AvgIpc) is 2.32. The Morgan fingerprint density at radius 1 is 1.18 bits per heavy atom.